The quantitative estimate of drug-likeness (QED) is 0.897. The number of nitrogens with one attached hydrogen (secondary N) is 1. The summed E-state index contributed by atoms with van der Waals surface area (Å²) in [5.74, 6) is 0.506. The van der Waals surface area contributed by atoms with Crippen LogP contribution in [-0.2, 0) is 30.5 Å². The molecule has 1 N–H and O–H groups in total. The van der Waals surface area contributed by atoms with Crippen molar-refractivity contribution >= 4 is 11.6 Å². The van der Waals surface area contributed by atoms with Crippen molar-refractivity contribution in [2.24, 2.45) is 5.92 Å². The van der Waals surface area contributed by atoms with Crippen molar-refractivity contribution in [2.45, 2.75) is 77.0 Å². The Morgan fingerprint density at radius 2 is 1.45 bits per heavy atom. The van der Waals surface area contributed by atoms with Crippen molar-refractivity contribution in [1.82, 2.24) is 4.98 Å². The van der Waals surface area contributed by atoms with Crippen LogP contribution in [-0.4, -0.2) is 10.9 Å². The minimum absolute atomic E-state index is 0.234. The van der Waals surface area contributed by atoms with Crippen LogP contribution in [0.2, 0.25) is 0 Å². The molecule has 0 spiro atoms. The van der Waals surface area contributed by atoms with E-state index < -0.39 is 0 Å². The predicted molar refractivity (Wildman–Crippen MR) is 88.1 cm³/mol. The van der Waals surface area contributed by atoms with Crippen molar-refractivity contribution in [3.63, 3.8) is 0 Å². The van der Waals surface area contributed by atoms with Gasteiger partial charge < -0.3 is 5.32 Å². The highest BCUT2D eigenvalue weighted by atomic mass is 16.1. The van der Waals surface area contributed by atoms with Crippen LogP contribution in [0.1, 0.15) is 73.9 Å². The Morgan fingerprint density at radius 1 is 0.818 bits per heavy atom. The number of hydrogen-bond donors (Lipinski definition) is 1. The summed E-state index contributed by atoms with van der Waals surface area (Å²) in [6.07, 6.45) is 13.9. The smallest absolute Gasteiger partial charge is 0.227 e. The van der Waals surface area contributed by atoms with Gasteiger partial charge >= 0.3 is 0 Å². The molecule has 1 aromatic heterocycles. The summed E-state index contributed by atoms with van der Waals surface area (Å²) in [5, 5.41) is 3.36. The van der Waals surface area contributed by atoms with Crippen molar-refractivity contribution in [1.29, 1.82) is 0 Å². The third-order valence-corrected chi connectivity index (χ3v) is 5.73. The molecule has 0 aliphatic heterocycles. The molecule has 0 aromatic carbocycles. The van der Waals surface area contributed by atoms with Gasteiger partial charge in [-0.05, 0) is 68.9 Å². The number of nitrogens with zero attached hydrogens (tertiary/aromatic N) is 1. The lowest BCUT2D eigenvalue weighted by Gasteiger charge is -2.25. The van der Waals surface area contributed by atoms with Crippen LogP contribution < -0.4 is 5.32 Å². The third kappa shape index (κ3) is 2.55. The zero-order valence-corrected chi connectivity index (χ0v) is 13.4. The average molecular weight is 298 g/mol. The van der Waals surface area contributed by atoms with Crippen LogP contribution in [0, 0.1) is 5.92 Å². The molecular weight excluding hydrogens is 272 g/mol. The molecule has 1 amide bonds. The summed E-state index contributed by atoms with van der Waals surface area (Å²) in [4.78, 5) is 17.6. The summed E-state index contributed by atoms with van der Waals surface area (Å²) in [6.45, 7) is 0. The Balaban J connectivity index is 1.65. The van der Waals surface area contributed by atoms with E-state index in [9.17, 15) is 4.79 Å². The largest absolute Gasteiger partial charge is 0.325 e. The predicted octanol–water partition coefficient (Wildman–Crippen LogP) is 3.97. The van der Waals surface area contributed by atoms with Gasteiger partial charge in [-0.15, -0.1) is 0 Å². The molecule has 0 unspecified atom stereocenters. The summed E-state index contributed by atoms with van der Waals surface area (Å²) >= 11 is 0. The van der Waals surface area contributed by atoms with E-state index >= 15 is 0 Å². The lowest BCUT2D eigenvalue weighted by atomic mass is 9.88. The molecule has 1 saturated carbocycles. The van der Waals surface area contributed by atoms with Gasteiger partial charge in [0.15, 0.2) is 0 Å². The van der Waals surface area contributed by atoms with Crippen molar-refractivity contribution in [2.75, 3.05) is 5.32 Å². The number of amides is 1. The van der Waals surface area contributed by atoms with E-state index in [2.05, 4.69) is 5.32 Å². The second-order valence-electron chi connectivity index (χ2n) is 7.22. The van der Waals surface area contributed by atoms with Gasteiger partial charge in [0.2, 0.25) is 5.91 Å². The Labute approximate surface area is 132 Å². The maximum absolute atomic E-state index is 12.7. The summed E-state index contributed by atoms with van der Waals surface area (Å²) < 4.78 is 0. The molecule has 0 radical (unpaired) electrons. The first-order chi connectivity index (χ1) is 10.8. The highest BCUT2D eigenvalue weighted by Crippen LogP contribution is 2.36. The van der Waals surface area contributed by atoms with E-state index in [1.807, 2.05) is 0 Å². The monoisotopic (exact) mass is 298 g/mol. The molecule has 3 heteroatoms. The van der Waals surface area contributed by atoms with E-state index in [4.69, 9.17) is 4.98 Å². The van der Waals surface area contributed by atoms with Gasteiger partial charge in [0.25, 0.3) is 0 Å². The Kier molecular flexibility index (Phi) is 3.89. The zero-order valence-electron chi connectivity index (χ0n) is 13.4. The lowest BCUT2D eigenvalue weighted by molar-refractivity contribution is -0.120. The number of aryl methyl sites for hydroxylation is 2. The molecule has 3 aliphatic carbocycles. The Morgan fingerprint density at radius 3 is 2.23 bits per heavy atom. The minimum atomic E-state index is 0.234. The van der Waals surface area contributed by atoms with Crippen molar-refractivity contribution in [3.8, 4) is 0 Å². The fraction of sp³-hybridized carbons (Fsp3) is 0.684. The summed E-state index contributed by atoms with van der Waals surface area (Å²) in [5.41, 5.74) is 6.42. The van der Waals surface area contributed by atoms with Crippen LogP contribution in [0.15, 0.2) is 0 Å². The van der Waals surface area contributed by atoms with Gasteiger partial charge in [-0.2, -0.15) is 0 Å². The topological polar surface area (TPSA) is 42.0 Å². The van der Waals surface area contributed by atoms with Gasteiger partial charge in [0.05, 0.1) is 5.69 Å². The molecule has 0 atom stereocenters. The Hall–Kier alpha value is -1.38. The highest BCUT2D eigenvalue weighted by Gasteiger charge is 2.28. The minimum Gasteiger partial charge on any atom is -0.325 e. The third-order valence-electron chi connectivity index (χ3n) is 5.73. The number of carbonyl (C=O) groups is 1. The molecule has 1 heterocycles. The van der Waals surface area contributed by atoms with Gasteiger partial charge in [-0.1, -0.05) is 19.3 Å². The first kappa shape index (κ1) is 14.2. The number of rotatable bonds is 2. The van der Waals surface area contributed by atoms with E-state index in [0.717, 1.165) is 38.5 Å². The first-order valence-electron chi connectivity index (χ1n) is 9.17. The van der Waals surface area contributed by atoms with Crippen molar-refractivity contribution < 1.29 is 4.79 Å². The van der Waals surface area contributed by atoms with Crippen LogP contribution in [0.4, 0.5) is 5.69 Å². The van der Waals surface area contributed by atoms with Gasteiger partial charge in [-0.25, -0.2) is 0 Å². The number of fused-ring (bicyclic) bond motifs is 2. The zero-order chi connectivity index (χ0) is 14.9. The van der Waals surface area contributed by atoms with Gasteiger partial charge in [0, 0.05) is 17.3 Å². The van der Waals surface area contributed by atoms with Gasteiger partial charge in [0.1, 0.15) is 0 Å². The number of pyridine rings is 1. The number of aromatic nitrogens is 1. The van der Waals surface area contributed by atoms with E-state index in [1.54, 1.807) is 0 Å². The fourth-order valence-corrected chi connectivity index (χ4v) is 4.49. The standard InChI is InChI=1S/C19H26N2O/c22-19(13-7-2-1-3-8-13)21-18-14-9-4-5-11-16(14)20-17-12-6-10-15(17)18/h13H,1-12H2,(H,20,21,22). The van der Waals surface area contributed by atoms with E-state index in [0.29, 0.717) is 0 Å². The average Bonchev–Trinajstić information content (AvgIpc) is 3.03. The molecule has 1 fully saturated rings. The molecule has 1 aromatic rings. The molecule has 4 rings (SSSR count). The fourth-order valence-electron chi connectivity index (χ4n) is 4.49. The number of anilines is 1. The molecule has 118 valence electrons. The van der Waals surface area contributed by atoms with E-state index in [1.165, 1.54) is 66.7 Å². The summed E-state index contributed by atoms with van der Waals surface area (Å²) in [6, 6.07) is 0. The molecular formula is C19H26N2O. The number of carbonyl (C=O) groups excluding carboxylic acids is 1. The van der Waals surface area contributed by atoms with Crippen LogP contribution in [0.3, 0.4) is 0 Å². The normalized spacial score (nSPS) is 21.3. The molecule has 3 nitrogen and oxygen atoms in total. The molecule has 22 heavy (non-hydrogen) atoms. The Bertz CT molecular complexity index is 588. The first-order valence-corrected chi connectivity index (χ1v) is 9.17. The van der Waals surface area contributed by atoms with Crippen LogP contribution >= 0.6 is 0 Å². The van der Waals surface area contributed by atoms with Gasteiger partial charge in [-0.3, -0.25) is 9.78 Å². The second kappa shape index (κ2) is 6.02. The molecule has 0 saturated heterocycles. The van der Waals surface area contributed by atoms with Crippen molar-refractivity contribution in [3.05, 3.63) is 22.5 Å². The molecule has 3 aliphatic rings. The maximum Gasteiger partial charge on any atom is 0.227 e. The van der Waals surface area contributed by atoms with Crippen LogP contribution in [0.5, 0.6) is 0 Å². The summed E-state index contributed by atoms with van der Waals surface area (Å²) in [7, 11) is 0. The van der Waals surface area contributed by atoms with Crippen LogP contribution in [0.25, 0.3) is 0 Å². The lowest BCUT2D eigenvalue weighted by Crippen LogP contribution is -2.26. The second-order valence-corrected chi connectivity index (χ2v) is 7.22. The molecule has 0 bridgehead atoms. The maximum atomic E-state index is 12.7. The number of hydrogen-bond acceptors (Lipinski definition) is 2. The SMILES string of the molecule is O=C(Nc1c2c(nc3c1CCC3)CCCC2)C1CCCCC1. The highest BCUT2D eigenvalue weighted by molar-refractivity contribution is 5.94. The van der Waals surface area contributed by atoms with E-state index in [-0.39, 0.29) is 11.8 Å².